The van der Waals surface area contributed by atoms with Gasteiger partial charge < -0.3 is 9.32 Å². The van der Waals surface area contributed by atoms with Crippen molar-refractivity contribution in [2.24, 2.45) is 0 Å². The van der Waals surface area contributed by atoms with Gasteiger partial charge in [-0.3, -0.25) is 4.31 Å². The van der Waals surface area contributed by atoms with Crippen LogP contribution in [0.4, 0.5) is 14.5 Å². The zero-order valence-corrected chi connectivity index (χ0v) is 19.6. The minimum atomic E-state index is -3.56. The molecule has 34 heavy (non-hydrogen) atoms. The molecule has 3 aromatic rings. The van der Waals surface area contributed by atoms with Gasteiger partial charge in [-0.15, -0.1) is 10.2 Å². The molecule has 182 valence electrons. The summed E-state index contributed by atoms with van der Waals surface area (Å²) in [6.07, 6.45) is 1.33. The zero-order valence-electron chi connectivity index (χ0n) is 18.8. The van der Waals surface area contributed by atoms with Crippen molar-refractivity contribution in [1.82, 2.24) is 15.1 Å². The highest BCUT2D eigenvalue weighted by atomic mass is 32.2. The molecule has 1 aliphatic heterocycles. The summed E-state index contributed by atoms with van der Waals surface area (Å²) in [7, 11) is -3.56. The Bertz CT molecular complexity index is 1150. The van der Waals surface area contributed by atoms with E-state index in [9.17, 15) is 17.2 Å². The maximum absolute atomic E-state index is 13.3. The van der Waals surface area contributed by atoms with Gasteiger partial charge in [0.1, 0.15) is 0 Å². The normalized spacial score (nSPS) is 15.0. The first-order valence-corrected chi connectivity index (χ1v) is 13.0. The molecule has 0 atom stereocenters. The average molecular weight is 491 g/mol. The predicted octanol–water partition coefficient (Wildman–Crippen LogP) is 4.89. The molecule has 0 saturated carbocycles. The molecule has 0 radical (unpaired) electrons. The lowest BCUT2D eigenvalue weighted by atomic mass is 10.1. The molecule has 1 saturated heterocycles. The summed E-state index contributed by atoms with van der Waals surface area (Å²) < 4.78 is 58.5. The maximum Gasteiger partial charge on any atom is 0.314 e. The summed E-state index contributed by atoms with van der Waals surface area (Å²) in [5.41, 5.74) is 1.84. The van der Waals surface area contributed by atoms with Crippen molar-refractivity contribution in [1.29, 1.82) is 0 Å². The van der Waals surface area contributed by atoms with E-state index in [-0.39, 0.29) is 18.2 Å². The van der Waals surface area contributed by atoms with Gasteiger partial charge in [0.05, 0.1) is 18.0 Å². The summed E-state index contributed by atoms with van der Waals surface area (Å²) in [6, 6.07) is 15.8. The number of anilines is 1. The van der Waals surface area contributed by atoms with E-state index in [4.69, 9.17) is 4.42 Å². The number of hydrogen-bond acceptors (Lipinski definition) is 6. The second kappa shape index (κ2) is 11.1. The molecule has 10 heteroatoms. The smallest absolute Gasteiger partial charge is 0.314 e. The van der Waals surface area contributed by atoms with Gasteiger partial charge in [-0.1, -0.05) is 36.8 Å². The number of hydrogen-bond donors (Lipinski definition) is 0. The van der Waals surface area contributed by atoms with E-state index in [0.29, 0.717) is 17.7 Å². The summed E-state index contributed by atoms with van der Waals surface area (Å²) in [6.45, 7) is 3.01. The van der Waals surface area contributed by atoms with E-state index < -0.39 is 22.3 Å². The minimum absolute atomic E-state index is 0.00732. The monoisotopic (exact) mass is 490 g/mol. The summed E-state index contributed by atoms with van der Waals surface area (Å²) in [4.78, 5) is 2.33. The molecule has 0 amide bonds. The lowest BCUT2D eigenvalue weighted by Gasteiger charge is -2.28. The number of benzene rings is 2. The van der Waals surface area contributed by atoms with Gasteiger partial charge in [0.15, 0.2) is 0 Å². The molecule has 2 heterocycles. The quantitative estimate of drug-likeness (QED) is 0.403. The molecular formula is C24H28F2N4O3S. The maximum atomic E-state index is 13.3. The Morgan fingerprint density at radius 2 is 1.68 bits per heavy atom. The molecular weight excluding hydrogens is 462 g/mol. The van der Waals surface area contributed by atoms with Crippen LogP contribution in [0.5, 0.6) is 0 Å². The first-order valence-electron chi connectivity index (χ1n) is 11.4. The Labute approximate surface area is 198 Å². The van der Waals surface area contributed by atoms with Crippen molar-refractivity contribution < 1.29 is 21.6 Å². The fourth-order valence-electron chi connectivity index (χ4n) is 4.07. The van der Waals surface area contributed by atoms with Crippen molar-refractivity contribution in [2.45, 2.75) is 38.7 Å². The average Bonchev–Trinajstić information content (AvgIpc) is 3.35. The summed E-state index contributed by atoms with van der Waals surface area (Å²) >= 11 is 0. The SMILES string of the molecule is O=S(=O)(CCCN1CCCCC1)N(Cc1ccc(-c2nnc(C(F)F)o2)cc1)c1ccccc1. The molecule has 0 aliphatic carbocycles. The number of aromatic nitrogens is 2. The number of piperidine rings is 1. The highest BCUT2D eigenvalue weighted by Crippen LogP contribution is 2.26. The predicted molar refractivity (Wildman–Crippen MR) is 126 cm³/mol. The van der Waals surface area contributed by atoms with E-state index in [1.54, 1.807) is 36.4 Å². The van der Waals surface area contributed by atoms with Crippen LogP contribution in [0.1, 0.15) is 43.6 Å². The van der Waals surface area contributed by atoms with Gasteiger partial charge in [-0.2, -0.15) is 8.78 Å². The minimum Gasteiger partial charge on any atom is -0.415 e. The number of halogens is 2. The first kappa shape index (κ1) is 24.3. The van der Waals surface area contributed by atoms with Crippen LogP contribution < -0.4 is 4.31 Å². The lowest BCUT2D eigenvalue weighted by molar-refractivity contribution is 0.116. The van der Waals surface area contributed by atoms with Crippen molar-refractivity contribution in [2.75, 3.05) is 29.7 Å². The highest BCUT2D eigenvalue weighted by molar-refractivity contribution is 7.92. The summed E-state index contributed by atoms with van der Waals surface area (Å²) in [5, 5.41) is 6.99. The Morgan fingerprint density at radius 3 is 2.32 bits per heavy atom. The van der Waals surface area contributed by atoms with E-state index in [0.717, 1.165) is 25.2 Å². The van der Waals surface area contributed by atoms with Crippen molar-refractivity contribution in [3.8, 4) is 11.5 Å². The van der Waals surface area contributed by atoms with E-state index in [1.807, 2.05) is 18.2 Å². The van der Waals surface area contributed by atoms with Crippen molar-refractivity contribution in [3.63, 3.8) is 0 Å². The third-order valence-corrected chi connectivity index (χ3v) is 7.68. The number of para-hydroxylation sites is 1. The molecule has 0 N–H and O–H groups in total. The van der Waals surface area contributed by atoms with Crippen molar-refractivity contribution in [3.05, 3.63) is 66.1 Å². The lowest BCUT2D eigenvalue weighted by Crippen LogP contribution is -2.35. The molecule has 0 bridgehead atoms. The second-order valence-corrected chi connectivity index (χ2v) is 10.4. The van der Waals surface area contributed by atoms with Gasteiger partial charge in [0.2, 0.25) is 15.9 Å². The van der Waals surface area contributed by atoms with Crippen LogP contribution in [0.25, 0.3) is 11.5 Å². The molecule has 1 aromatic heterocycles. The van der Waals surface area contributed by atoms with Crippen LogP contribution >= 0.6 is 0 Å². The van der Waals surface area contributed by atoms with Crippen LogP contribution in [0.15, 0.2) is 59.0 Å². The van der Waals surface area contributed by atoms with Gasteiger partial charge in [-0.05, 0) is 68.7 Å². The highest BCUT2D eigenvalue weighted by Gasteiger charge is 2.24. The topological polar surface area (TPSA) is 79.5 Å². The van der Waals surface area contributed by atoms with Gasteiger partial charge in [0, 0.05) is 5.56 Å². The largest absolute Gasteiger partial charge is 0.415 e. The van der Waals surface area contributed by atoms with Crippen LogP contribution in [-0.4, -0.2) is 48.9 Å². The summed E-state index contributed by atoms with van der Waals surface area (Å²) in [5.74, 6) is -0.674. The molecule has 1 aliphatic rings. The van der Waals surface area contributed by atoms with E-state index in [2.05, 4.69) is 15.1 Å². The third kappa shape index (κ3) is 6.18. The van der Waals surface area contributed by atoms with Gasteiger partial charge in [0.25, 0.3) is 5.89 Å². The molecule has 1 fully saturated rings. The van der Waals surface area contributed by atoms with Crippen molar-refractivity contribution >= 4 is 15.7 Å². The Morgan fingerprint density at radius 1 is 0.971 bits per heavy atom. The standard InChI is InChI=1S/C24H28F2N4O3S/c25-22(26)24-28-27-23(33-24)20-12-10-19(11-13-20)18-30(21-8-3-1-4-9-21)34(31,32)17-7-16-29-14-5-2-6-15-29/h1,3-4,8-13,22H,2,5-7,14-18H2. The number of sulfonamides is 1. The zero-order chi connectivity index (χ0) is 24.0. The van der Waals surface area contributed by atoms with Crippen LogP contribution in [0, 0.1) is 0 Å². The van der Waals surface area contributed by atoms with Crippen LogP contribution in [0.3, 0.4) is 0 Å². The Hall–Kier alpha value is -2.85. The van der Waals surface area contributed by atoms with Crippen LogP contribution in [0.2, 0.25) is 0 Å². The third-order valence-electron chi connectivity index (χ3n) is 5.86. The van der Waals surface area contributed by atoms with Gasteiger partial charge in [-0.25, -0.2) is 8.42 Å². The second-order valence-electron chi connectivity index (χ2n) is 8.36. The number of likely N-dealkylation sites (tertiary alicyclic amines) is 1. The number of rotatable bonds is 10. The first-order chi connectivity index (χ1) is 16.4. The molecule has 7 nitrogen and oxygen atoms in total. The fourth-order valence-corrected chi connectivity index (χ4v) is 5.57. The molecule has 0 spiro atoms. The molecule has 0 unspecified atom stereocenters. The number of nitrogens with zero attached hydrogens (tertiary/aromatic N) is 4. The van der Waals surface area contributed by atoms with E-state index >= 15 is 0 Å². The Kier molecular flexibility index (Phi) is 7.89. The van der Waals surface area contributed by atoms with Crippen LogP contribution in [-0.2, 0) is 16.6 Å². The molecule has 2 aromatic carbocycles. The number of alkyl halides is 2. The fraction of sp³-hybridized carbons (Fsp3) is 0.417. The molecule has 4 rings (SSSR count). The van der Waals surface area contributed by atoms with E-state index in [1.165, 1.54) is 23.6 Å². The van der Waals surface area contributed by atoms with Gasteiger partial charge >= 0.3 is 6.43 Å². The Balaban J connectivity index is 1.47.